The van der Waals surface area contributed by atoms with E-state index in [4.69, 9.17) is 4.74 Å². The molecular weight excluding hydrogens is 338 g/mol. The lowest BCUT2D eigenvalue weighted by Gasteiger charge is -2.30. The van der Waals surface area contributed by atoms with Gasteiger partial charge >= 0.3 is 11.7 Å². The Morgan fingerprint density at radius 3 is 2.62 bits per heavy atom. The molecule has 1 aliphatic rings. The SMILES string of the molecule is CCOC(=O)[C@@H]1CCCN(S(=O)(=O)c2cn(C)c(=O)n(C)c2=O)C1. The number of piperidine rings is 1. The Balaban J connectivity index is 2.39. The molecule has 1 aromatic rings. The first-order valence-corrected chi connectivity index (χ1v) is 9.07. The maximum atomic E-state index is 12.8. The van der Waals surface area contributed by atoms with E-state index < -0.39 is 38.1 Å². The Labute approximate surface area is 139 Å². The van der Waals surface area contributed by atoms with Crippen LogP contribution in [0.15, 0.2) is 20.7 Å². The average Bonchev–Trinajstić information content (AvgIpc) is 2.56. The first kappa shape index (κ1) is 18.4. The summed E-state index contributed by atoms with van der Waals surface area (Å²) in [6.45, 7) is 2.09. The third-order valence-corrected chi connectivity index (χ3v) is 5.88. The van der Waals surface area contributed by atoms with Crippen LogP contribution in [0.4, 0.5) is 0 Å². The zero-order valence-corrected chi connectivity index (χ0v) is 14.7. The summed E-state index contributed by atoms with van der Waals surface area (Å²) in [4.78, 5) is 35.3. The zero-order chi connectivity index (χ0) is 18.1. The van der Waals surface area contributed by atoms with Gasteiger partial charge < -0.3 is 9.30 Å². The number of hydrogen-bond acceptors (Lipinski definition) is 6. The molecule has 0 N–H and O–H groups in total. The van der Waals surface area contributed by atoms with Gasteiger partial charge in [0.05, 0.1) is 12.5 Å². The first-order chi connectivity index (χ1) is 11.2. The number of carbonyl (C=O) groups is 1. The van der Waals surface area contributed by atoms with Crippen molar-refractivity contribution in [3.05, 3.63) is 27.0 Å². The summed E-state index contributed by atoms with van der Waals surface area (Å²) in [5.74, 6) is -0.990. The van der Waals surface area contributed by atoms with E-state index in [0.717, 1.165) is 19.6 Å². The Bertz CT molecular complexity index is 854. The fraction of sp³-hybridized carbons (Fsp3) is 0.643. The van der Waals surface area contributed by atoms with Gasteiger partial charge in [-0.2, -0.15) is 4.31 Å². The van der Waals surface area contributed by atoms with Gasteiger partial charge in [0.15, 0.2) is 4.90 Å². The summed E-state index contributed by atoms with van der Waals surface area (Å²) in [5.41, 5.74) is -1.49. The highest BCUT2D eigenvalue weighted by Crippen LogP contribution is 2.23. The highest BCUT2D eigenvalue weighted by Gasteiger charge is 2.35. The number of hydrogen-bond donors (Lipinski definition) is 0. The summed E-state index contributed by atoms with van der Waals surface area (Å²) < 4.78 is 33.4. The summed E-state index contributed by atoms with van der Waals surface area (Å²) in [6, 6.07) is 0. The lowest BCUT2D eigenvalue weighted by molar-refractivity contribution is -0.149. The topological polar surface area (TPSA) is 108 Å². The number of sulfonamides is 1. The molecule has 1 atom stereocenters. The monoisotopic (exact) mass is 359 g/mol. The van der Waals surface area contributed by atoms with Crippen LogP contribution in [0.3, 0.4) is 0 Å². The van der Waals surface area contributed by atoms with E-state index in [0.29, 0.717) is 12.8 Å². The van der Waals surface area contributed by atoms with Crippen LogP contribution < -0.4 is 11.2 Å². The minimum absolute atomic E-state index is 0.0346. The number of ether oxygens (including phenoxy) is 1. The highest BCUT2D eigenvalue weighted by atomic mass is 32.2. The predicted octanol–water partition coefficient (Wildman–Crippen LogP) is -0.952. The molecule has 0 unspecified atom stereocenters. The normalized spacial score (nSPS) is 19.2. The van der Waals surface area contributed by atoms with Gasteiger partial charge in [0.25, 0.3) is 5.56 Å². The second kappa shape index (κ2) is 6.89. The Morgan fingerprint density at radius 1 is 1.33 bits per heavy atom. The van der Waals surface area contributed by atoms with Gasteiger partial charge in [0.2, 0.25) is 10.0 Å². The lowest BCUT2D eigenvalue weighted by atomic mass is 10.0. The molecule has 0 radical (unpaired) electrons. The van der Waals surface area contributed by atoms with E-state index in [2.05, 4.69) is 0 Å². The van der Waals surface area contributed by atoms with Crippen LogP contribution in [0.5, 0.6) is 0 Å². The molecule has 0 saturated carbocycles. The summed E-state index contributed by atoms with van der Waals surface area (Å²) in [6.07, 6.45) is 2.05. The Kier molecular flexibility index (Phi) is 5.29. The molecule has 10 heteroatoms. The number of carbonyl (C=O) groups excluding carboxylic acids is 1. The molecule has 0 aliphatic carbocycles. The van der Waals surface area contributed by atoms with Crippen molar-refractivity contribution in [3.63, 3.8) is 0 Å². The Hall–Kier alpha value is -1.94. The van der Waals surface area contributed by atoms with Crippen molar-refractivity contribution < 1.29 is 17.9 Å². The second-order valence-corrected chi connectivity index (χ2v) is 7.61. The molecule has 0 aromatic carbocycles. The van der Waals surface area contributed by atoms with E-state index >= 15 is 0 Å². The van der Waals surface area contributed by atoms with Gasteiger partial charge in [0.1, 0.15) is 0 Å². The van der Waals surface area contributed by atoms with Crippen LogP contribution in [-0.4, -0.2) is 47.5 Å². The smallest absolute Gasteiger partial charge is 0.330 e. The molecule has 1 aliphatic heterocycles. The van der Waals surface area contributed by atoms with Crippen LogP contribution >= 0.6 is 0 Å². The molecule has 2 rings (SSSR count). The van der Waals surface area contributed by atoms with Crippen LogP contribution in [0.2, 0.25) is 0 Å². The van der Waals surface area contributed by atoms with Crippen LogP contribution in [0, 0.1) is 5.92 Å². The molecule has 134 valence electrons. The first-order valence-electron chi connectivity index (χ1n) is 7.63. The van der Waals surface area contributed by atoms with E-state index in [1.54, 1.807) is 6.92 Å². The minimum atomic E-state index is -4.10. The quantitative estimate of drug-likeness (QED) is 0.641. The summed E-state index contributed by atoms with van der Waals surface area (Å²) in [7, 11) is -1.51. The van der Waals surface area contributed by atoms with Crippen molar-refractivity contribution in [1.82, 2.24) is 13.4 Å². The molecule has 1 fully saturated rings. The average molecular weight is 359 g/mol. The van der Waals surface area contributed by atoms with Crippen molar-refractivity contribution in [2.45, 2.75) is 24.7 Å². The standard InChI is InChI=1S/C14H21N3O6S/c1-4-23-13(19)10-6-5-7-17(8-10)24(21,22)11-9-15(2)14(20)16(3)12(11)18/h9-10H,4-8H2,1-3H3/t10-/m1/s1. The number of rotatable bonds is 4. The Morgan fingerprint density at radius 2 is 2.00 bits per heavy atom. The summed E-state index contributed by atoms with van der Waals surface area (Å²) >= 11 is 0. The van der Waals surface area contributed by atoms with Crippen LogP contribution in [-0.2, 0) is 33.7 Å². The van der Waals surface area contributed by atoms with Crippen LogP contribution in [0.25, 0.3) is 0 Å². The van der Waals surface area contributed by atoms with Crippen LogP contribution in [0.1, 0.15) is 19.8 Å². The van der Waals surface area contributed by atoms with Gasteiger partial charge in [-0.3, -0.25) is 14.2 Å². The highest BCUT2D eigenvalue weighted by molar-refractivity contribution is 7.89. The van der Waals surface area contributed by atoms with Crippen molar-refractivity contribution in [2.75, 3.05) is 19.7 Å². The van der Waals surface area contributed by atoms with Gasteiger partial charge in [-0.05, 0) is 19.8 Å². The summed E-state index contributed by atoms with van der Waals surface area (Å²) in [5, 5.41) is 0. The fourth-order valence-corrected chi connectivity index (χ4v) is 4.38. The fourth-order valence-electron chi connectivity index (χ4n) is 2.70. The maximum absolute atomic E-state index is 12.8. The third-order valence-electron chi connectivity index (χ3n) is 4.04. The molecule has 9 nitrogen and oxygen atoms in total. The van der Waals surface area contributed by atoms with Crippen molar-refractivity contribution in [3.8, 4) is 0 Å². The number of nitrogens with zero attached hydrogens (tertiary/aromatic N) is 3. The van der Waals surface area contributed by atoms with Gasteiger partial charge in [-0.25, -0.2) is 13.2 Å². The molecule has 0 spiro atoms. The molecule has 1 aromatic heterocycles. The zero-order valence-electron chi connectivity index (χ0n) is 13.9. The van der Waals surface area contributed by atoms with Gasteiger partial charge in [-0.15, -0.1) is 0 Å². The predicted molar refractivity (Wildman–Crippen MR) is 85.0 cm³/mol. The molecular formula is C14H21N3O6S. The molecule has 0 bridgehead atoms. The molecule has 2 heterocycles. The van der Waals surface area contributed by atoms with Gasteiger partial charge in [-0.1, -0.05) is 0 Å². The van der Waals surface area contributed by atoms with Crippen molar-refractivity contribution in [2.24, 2.45) is 20.0 Å². The third kappa shape index (κ3) is 3.29. The number of aryl methyl sites for hydroxylation is 1. The van der Waals surface area contributed by atoms with E-state index in [9.17, 15) is 22.8 Å². The van der Waals surface area contributed by atoms with Crippen molar-refractivity contribution >= 4 is 16.0 Å². The van der Waals surface area contributed by atoms with E-state index in [1.165, 1.54) is 14.1 Å². The molecule has 0 amide bonds. The van der Waals surface area contributed by atoms with Crippen molar-refractivity contribution in [1.29, 1.82) is 0 Å². The largest absolute Gasteiger partial charge is 0.466 e. The maximum Gasteiger partial charge on any atom is 0.330 e. The minimum Gasteiger partial charge on any atom is -0.466 e. The molecule has 1 saturated heterocycles. The number of aromatic nitrogens is 2. The van der Waals surface area contributed by atoms with E-state index in [1.807, 2.05) is 0 Å². The molecule has 24 heavy (non-hydrogen) atoms. The number of esters is 1. The second-order valence-electron chi connectivity index (χ2n) is 5.71. The lowest BCUT2D eigenvalue weighted by Crippen LogP contribution is -2.46. The van der Waals surface area contributed by atoms with E-state index in [-0.39, 0.29) is 19.7 Å². The van der Waals surface area contributed by atoms with Gasteiger partial charge in [0, 0.05) is 33.4 Å².